The monoisotopic (exact) mass is 312 g/mol. The molecule has 0 amide bonds. The quantitative estimate of drug-likeness (QED) is 0.819. The SMILES string of the molecule is c1cnc(N2CCOC[C@]3(CCN(c4ncccn4)C3)C2)nc1. The first-order valence-electron chi connectivity index (χ1n) is 7.96. The standard InChI is InChI=1S/C16H20N6O/c1-4-17-14(18-5-1)21-8-3-16(11-21)12-22(9-10-23-13-16)15-19-6-2-7-20-15/h1-2,4-7H,3,8-13H2/t16-/m0/s1. The second kappa shape index (κ2) is 6.08. The predicted octanol–water partition coefficient (Wildman–Crippen LogP) is 1.000. The van der Waals surface area contributed by atoms with E-state index in [1.807, 2.05) is 12.1 Å². The molecule has 0 saturated carbocycles. The van der Waals surface area contributed by atoms with E-state index in [0.717, 1.165) is 51.1 Å². The van der Waals surface area contributed by atoms with Crippen molar-refractivity contribution in [3.63, 3.8) is 0 Å². The molecule has 1 atom stereocenters. The zero-order valence-electron chi connectivity index (χ0n) is 13.0. The molecule has 0 aliphatic carbocycles. The van der Waals surface area contributed by atoms with E-state index in [1.54, 1.807) is 24.8 Å². The lowest BCUT2D eigenvalue weighted by molar-refractivity contribution is 0.0812. The average molecular weight is 312 g/mol. The molecule has 0 aromatic carbocycles. The van der Waals surface area contributed by atoms with Gasteiger partial charge >= 0.3 is 0 Å². The topological polar surface area (TPSA) is 67.3 Å². The molecular formula is C16H20N6O. The molecule has 4 rings (SSSR count). The van der Waals surface area contributed by atoms with Gasteiger partial charge < -0.3 is 14.5 Å². The summed E-state index contributed by atoms with van der Waals surface area (Å²) in [6.45, 7) is 5.06. The molecule has 7 nitrogen and oxygen atoms in total. The number of anilines is 2. The summed E-state index contributed by atoms with van der Waals surface area (Å²) >= 11 is 0. The van der Waals surface area contributed by atoms with Gasteiger partial charge in [-0.05, 0) is 18.6 Å². The van der Waals surface area contributed by atoms with Crippen LogP contribution in [0.5, 0.6) is 0 Å². The fourth-order valence-corrected chi connectivity index (χ4v) is 3.43. The Balaban J connectivity index is 1.53. The van der Waals surface area contributed by atoms with Crippen LogP contribution in [0, 0.1) is 5.41 Å². The van der Waals surface area contributed by atoms with Crippen molar-refractivity contribution in [3.8, 4) is 0 Å². The predicted molar refractivity (Wildman–Crippen MR) is 86.4 cm³/mol. The van der Waals surface area contributed by atoms with Crippen molar-refractivity contribution < 1.29 is 4.74 Å². The van der Waals surface area contributed by atoms with Gasteiger partial charge in [0, 0.05) is 56.4 Å². The minimum Gasteiger partial charge on any atom is -0.379 e. The number of hydrogen-bond donors (Lipinski definition) is 0. The van der Waals surface area contributed by atoms with E-state index in [1.165, 1.54) is 0 Å². The summed E-state index contributed by atoms with van der Waals surface area (Å²) in [6, 6.07) is 3.69. The van der Waals surface area contributed by atoms with Gasteiger partial charge in [-0.2, -0.15) is 0 Å². The van der Waals surface area contributed by atoms with Crippen LogP contribution in [0.25, 0.3) is 0 Å². The van der Waals surface area contributed by atoms with Gasteiger partial charge in [-0.25, -0.2) is 19.9 Å². The summed E-state index contributed by atoms with van der Waals surface area (Å²) < 4.78 is 5.90. The van der Waals surface area contributed by atoms with Crippen LogP contribution in [0.4, 0.5) is 11.9 Å². The van der Waals surface area contributed by atoms with Gasteiger partial charge in [0.15, 0.2) is 0 Å². The molecule has 0 unspecified atom stereocenters. The van der Waals surface area contributed by atoms with Crippen LogP contribution < -0.4 is 9.80 Å². The number of nitrogens with zero attached hydrogens (tertiary/aromatic N) is 6. The molecule has 2 saturated heterocycles. The third-order valence-electron chi connectivity index (χ3n) is 4.55. The normalized spacial score (nSPS) is 24.9. The van der Waals surface area contributed by atoms with Crippen molar-refractivity contribution in [3.05, 3.63) is 36.9 Å². The molecule has 120 valence electrons. The zero-order valence-corrected chi connectivity index (χ0v) is 13.0. The molecule has 1 spiro atoms. The molecule has 0 bridgehead atoms. The smallest absolute Gasteiger partial charge is 0.225 e. The van der Waals surface area contributed by atoms with E-state index in [4.69, 9.17) is 4.74 Å². The molecule has 0 radical (unpaired) electrons. The van der Waals surface area contributed by atoms with Crippen LogP contribution in [0.3, 0.4) is 0 Å². The van der Waals surface area contributed by atoms with Gasteiger partial charge in [0.2, 0.25) is 11.9 Å². The van der Waals surface area contributed by atoms with E-state index in [-0.39, 0.29) is 5.41 Å². The maximum absolute atomic E-state index is 5.90. The van der Waals surface area contributed by atoms with Crippen molar-refractivity contribution in [2.75, 3.05) is 49.2 Å². The minimum absolute atomic E-state index is 0.0783. The van der Waals surface area contributed by atoms with Gasteiger partial charge in [-0.15, -0.1) is 0 Å². The van der Waals surface area contributed by atoms with Crippen molar-refractivity contribution >= 4 is 11.9 Å². The number of ether oxygens (including phenoxy) is 1. The summed E-state index contributed by atoms with van der Waals surface area (Å²) in [5, 5.41) is 0. The summed E-state index contributed by atoms with van der Waals surface area (Å²) in [4.78, 5) is 22.0. The van der Waals surface area contributed by atoms with Crippen molar-refractivity contribution in [2.45, 2.75) is 6.42 Å². The van der Waals surface area contributed by atoms with Crippen LogP contribution in [0.15, 0.2) is 36.9 Å². The van der Waals surface area contributed by atoms with Crippen LogP contribution in [-0.4, -0.2) is 59.3 Å². The van der Waals surface area contributed by atoms with Crippen LogP contribution in [0.1, 0.15) is 6.42 Å². The first-order chi connectivity index (χ1) is 11.3. The Morgan fingerprint density at radius 1 is 0.826 bits per heavy atom. The maximum Gasteiger partial charge on any atom is 0.225 e. The third-order valence-corrected chi connectivity index (χ3v) is 4.55. The second-order valence-corrected chi connectivity index (χ2v) is 6.24. The third kappa shape index (κ3) is 2.96. The Hall–Kier alpha value is -2.28. The van der Waals surface area contributed by atoms with Crippen molar-refractivity contribution in [1.29, 1.82) is 0 Å². The highest BCUT2D eigenvalue weighted by molar-refractivity contribution is 5.35. The molecule has 2 fully saturated rings. The molecule has 2 aliphatic rings. The van der Waals surface area contributed by atoms with Gasteiger partial charge in [-0.1, -0.05) is 0 Å². The van der Waals surface area contributed by atoms with Gasteiger partial charge in [0.1, 0.15) is 0 Å². The summed E-state index contributed by atoms with van der Waals surface area (Å²) in [5.74, 6) is 1.59. The van der Waals surface area contributed by atoms with E-state index in [0.29, 0.717) is 6.61 Å². The van der Waals surface area contributed by atoms with Crippen molar-refractivity contribution in [2.24, 2.45) is 5.41 Å². The Morgan fingerprint density at radius 3 is 2.00 bits per heavy atom. The fraction of sp³-hybridized carbons (Fsp3) is 0.500. The van der Waals surface area contributed by atoms with E-state index in [2.05, 4.69) is 29.7 Å². The molecule has 2 aliphatic heterocycles. The Labute approximate surface area is 135 Å². The Bertz CT molecular complexity index is 640. The lowest BCUT2D eigenvalue weighted by atomic mass is 9.87. The summed E-state index contributed by atoms with van der Waals surface area (Å²) in [7, 11) is 0. The fourth-order valence-electron chi connectivity index (χ4n) is 3.43. The molecule has 2 aromatic heterocycles. The lowest BCUT2D eigenvalue weighted by Crippen LogP contribution is -2.41. The average Bonchev–Trinajstić information content (AvgIpc) is 2.91. The maximum atomic E-state index is 5.90. The van der Waals surface area contributed by atoms with Gasteiger partial charge in [0.05, 0.1) is 13.2 Å². The van der Waals surface area contributed by atoms with Crippen LogP contribution in [-0.2, 0) is 4.74 Å². The van der Waals surface area contributed by atoms with Gasteiger partial charge in [0.25, 0.3) is 0 Å². The lowest BCUT2D eigenvalue weighted by Gasteiger charge is -2.31. The molecule has 0 N–H and O–H groups in total. The first-order valence-corrected chi connectivity index (χ1v) is 7.96. The van der Waals surface area contributed by atoms with E-state index < -0.39 is 0 Å². The highest BCUT2D eigenvalue weighted by atomic mass is 16.5. The van der Waals surface area contributed by atoms with Crippen molar-refractivity contribution in [1.82, 2.24) is 19.9 Å². The van der Waals surface area contributed by atoms with E-state index >= 15 is 0 Å². The summed E-state index contributed by atoms with van der Waals surface area (Å²) in [6.07, 6.45) is 8.23. The summed E-state index contributed by atoms with van der Waals surface area (Å²) in [5.41, 5.74) is 0.0783. The number of aromatic nitrogens is 4. The Morgan fingerprint density at radius 2 is 1.39 bits per heavy atom. The molecule has 2 aromatic rings. The van der Waals surface area contributed by atoms with Gasteiger partial charge in [-0.3, -0.25) is 0 Å². The molecular weight excluding hydrogens is 292 g/mol. The largest absolute Gasteiger partial charge is 0.379 e. The zero-order chi connectivity index (χ0) is 15.5. The number of rotatable bonds is 2. The highest BCUT2D eigenvalue weighted by Gasteiger charge is 2.42. The molecule has 7 heteroatoms. The number of hydrogen-bond acceptors (Lipinski definition) is 7. The van der Waals surface area contributed by atoms with Crippen LogP contribution in [0.2, 0.25) is 0 Å². The molecule has 4 heterocycles. The Kier molecular flexibility index (Phi) is 3.78. The minimum atomic E-state index is 0.0783. The highest BCUT2D eigenvalue weighted by Crippen LogP contribution is 2.35. The molecule has 23 heavy (non-hydrogen) atoms. The van der Waals surface area contributed by atoms with E-state index in [9.17, 15) is 0 Å². The first kappa shape index (κ1) is 14.3. The van der Waals surface area contributed by atoms with Crippen LogP contribution >= 0.6 is 0 Å². The second-order valence-electron chi connectivity index (χ2n) is 6.24.